The van der Waals surface area contributed by atoms with Crippen LogP contribution in [-0.2, 0) is 16.0 Å². The SMILES string of the molecule is CCOC=Cc1c(NCc2ccccc2)nc(-c2ccc(Cl)c(F)c2)nc1C(=O)OC. The molecule has 3 rings (SSSR count). The van der Waals surface area contributed by atoms with Crippen LogP contribution in [0.2, 0.25) is 5.02 Å². The van der Waals surface area contributed by atoms with Gasteiger partial charge >= 0.3 is 5.97 Å². The summed E-state index contributed by atoms with van der Waals surface area (Å²) in [6, 6.07) is 13.9. The summed E-state index contributed by atoms with van der Waals surface area (Å²) in [4.78, 5) is 21.4. The van der Waals surface area contributed by atoms with E-state index in [9.17, 15) is 9.18 Å². The number of aromatic nitrogens is 2. The number of nitrogens with one attached hydrogen (secondary N) is 1. The second-order valence-corrected chi connectivity index (χ2v) is 6.78. The van der Waals surface area contributed by atoms with Gasteiger partial charge in [-0.1, -0.05) is 41.9 Å². The maximum absolute atomic E-state index is 14.0. The molecule has 1 aromatic heterocycles. The molecule has 1 N–H and O–H groups in total. The molecule has 0 fully saturated rings. The molecule has 0 aliphatic rings. The van der Waals surface area contributed by atoms with Crippen LogP contribution in [0.1, 0.15) is 28.5 Å². The molecule has 0 saturated carbocycles. The van der Waals surface area contributed by atoms with E-state index in [2.05, 4.69) is 15.3 Å². The normalized spacial score (nSPS) is 10.8. The Hall–Kier alpha value is -3.45. The molecule has 31 heavy (non-hydrogen) atoms. The van der Waals surface area contributed by atoms with Crippen LogP contribution >= 0.6 is 11.6 Å². The molecular weight excluding hydrogens is 421 g/mol. The number of ether oxygens (including phenoxy) is 2. The molecule has 0 saturated heterocycles. The molecule has 8 heteroatoms. The average Bonchev–Trinajstić information content (AvgIpc) is 2.80. The number of hydrogen-bond donors (Lipinski definition) is 1. The lowest BCUT2D eigenvalue weighted by Gasteiger charge is -2.14. The minimum Gasteiger partial charge on any atom is -0.501 e. The van der Waals surface area contributed by atoms with E-state index in [1.165, 1.54) is 25.5 Å². The summed E-state index contributed by atoms with van der Waals surface area (Å²) in [5, 5.41) is 3.21. The monoisotopic (exact) mass is 441 g/mol. The highest BCUT2D eigenvalue weighted by atomic mass is 35.5. The van der Waals surface area contributed by atoms with Crippen LogP contribution in [0.5, 0.6) is 0 Å². The first-order chi connectivity index (χ1) is 15.0. The quantitative estimate of drug-likeness (QED) is 0.375. The van der Waals surface area contributed by atoms with Gasteiger partial charge in [-0.15, -0.1) is 0 Å². The molecule has 160 valence electrons. The molecule has 0 amide bonds. The van der Waals surface area contributed by atoms with Crippen LogP contribution in [0, 0.1) is 5.82 Å². The number of benzene rings is 2. The predicted molar refractivity (Wildman–Crippen MR) is 118 cm³/mol. The molecule has 0 aliphatic carbocycles. The Kier molecular flexibility index (Phi) is 7.56. The molecule has 3 aromatic rings. The molecule has 0 bridgehead atoms. The summed E-state index contributed by atoms with van der Waals surface area (Å²) in [6.45, 7) is 2.75. The molecule has 0 aliphatic heterocycles. The number of carbonyl (C=O) groups is 1. The van der Waals surface area contributed by atoms with Crippen molar-refractivity contribution in [3.05, 3.63) is 82.5 Å². The molecule has 1 heterocycles. The van der Waals surface area contributed by atoms with E-state index >= 15 is 0 Å². The summed E-state index contributed by atoms with van der Waals surface area (Å²) in [5.74, 6) is -0.737. The maximum Gasteiger partial charge on any atom is 0.357 e. The summed E-state index contributed by atoms with van der Waals surface area (Å²) < 4.78 is 24.2. The Bertz CT molecular complexity index is 1090. The number of rotatable bonds is 8. The van der Waals surface area contributed by atoms with Crippen molar-refractivity contribution >= 4 is 29.5 Å². The van der Waals surface area contributed by atoms with E-state index in [-0.39, 0.29) is 16.5 Å². The number of hydrogen-bond acceptors (Lipinski definition) is 6. The fraction of sp³-hybridized carbons (Fsp3) is 0.174. The maximum atomic E-state index is 14.0. The Morgan fingerprint density at radius 2 is 1.97 bits per heavy atom. The summed E-state index contributed by atoms with van der Waals surface area (Å²) in [6.07, 6.45) is 3.05. The van der Waals surface area contributed by atoms with Crippen molar-refractivity contribution < 1.29 is 18.7 Å². The van der Waals surface area contributed by atoms with Crippen molar-refractivity contribution in [2.45, 2.75) is 13.5 Å². The lowest BCUT2D eigenvalue weighted by Crippen LogP contribution is -2.13. The lowest BCUT2D eigenvalue weighted by molar-refractivity contribution is 0.0593. The van der Waals surface area contributed by atoms with Crippen LogP contribution in [0.15, 0.2) is 54.8 Å². The average molecular weight is 442 g/mol. The van der Waals surface area contributed by atoms with Gasteiger partial charge in [0.2, 0.25) is 0 Å². The molecule has 2 aromatic carbocycles. The zero-order valence-corrected chi connectivity index (χ0v) is 17.8. The van der Waals surface area contributed by atoms with Crippen molar-refractivity contribution in [1.29, 1.82) is 0 Å². The van der Waals surface area contributed by atoms with E-state index in [1.54, 1.807) is 12.1 Å². The number of nitrogens with zero attached hydrogens (tertiary/aromatic N) is 2. The topological polar surface area (TPSA) is 73.3 Å². The van der Waals surface area contributed by atoms with Gasteiger partial charge in [0.25, 0.3) is 0 Å². The van der Waals surface area contributed by atoms with Crippen LogP contribution in [0.4, 0.5) is 10.2 Å². The van der Waals surface area contributed by atoms with Crippen molar-refractivity contribution in [2.24, 2.45) is 0 Å². The number of halogens is 2. The minimum absolute atomic E-state index is 0.0179. The third kappa shape index (κ3) is 5.58. The summed E-state index contributed by atoms with van der Waals surface area (Å²) in [7, 11) is 1.26. The van der Waals surface area contributed by atoms with Crippen molar-refractivity contribution in [3.63, 3.8) is 0 Å². The van der Waals surface area contributed by atoms with Gasteiger partial charge in [-0.25, -0.2) is 19.2 Å². The minimum atomic E-state index is -0.656. The van der Waals surface area contributed by atoms with Gasteiger partial charge in [-0.05, 0) is 36.8 Å². The predicted octanol–water partition coefficient (Wildman–Crippen LogP) is 5.34. The van der Waals surface area contributed by atoms with Crippen LogP contribution in [-0.4, -0.2) is 29.7 Å². The molecule has 0 unspecified atom stereocenters. The van der Waals surface area contributed by atoms with E-state index in [4.69, 9.17) is 21.1 Å². The first-order valence-corrected chi connectivity index (χ1v) is 9.93. The van der Waals surface area contributed by atoms with Gasteiger partial charge < -0.3 is 14.8 Å². The first kappa shape index (κ1) is 22.2. The highest BCUT2D eigenvalue weighted by Gasteiger charge is 2.20. The largest absolute Gasteiger partial charge is 0.501 e. The second-order valence-electron chi connectivity index (χ2n) is 6.38. The van der Waals surface area contributed by atoms with Crippen LogP contribution in [0.25, 0.3) is 17.5 Å². The molecular formula is C23H21ClFN3O3. The number of esters is 1. The third-order valence-electron chi connectivity index (χ3n) is 4.30. The fourth-order valence-electron chi connectivity index (χ4n) is 2.77. The number of anilines is 1. The van der Waals surface area contributed by atoms with Gasteiger partial charge in [0.05, 0.1) is 30.6 Å². The number of methoxy groups -OCH3 is 1. The Labute approximate surface area is 184 Å². The standard InChI is InChI=1S/C23H21ClFN3O3/c1-3-31-12-11-17-20(23(29)30-2)27-21(16-9-10-18(24)19(25)13-16)28-22(17)26-14-15-7-5-4-6-8-15/h4-13H,3,14H2,1-2H3,(H,26,27,28). The summed E-state index contributed by atoms with van der Waals surface area (Å²) in [5.41, 5.74) is 1.80. The zero-order valence-electron chi connectivity index (χ0n) is 17.1. The molecule has 0 atom stereocenters. The third-order valence-corrected chi connectivity index (χ3v) is 4.61. The van der Waals surface area contributed by atoms with Gasteiger partial charge in [0, 0.05) is 12.1 Å². The van der Waals surface area contributed by atoms with Crippen LogP contribution < -0.4 is 5.32 Å². The van der Waals surface area contributed by atoms with E-state index < -0.39 is 11.8 Å². The summed E-state index contributed by atoms with van der Waals surface area (Å²) >= 11 is 5.79. The van der Waals surface area contributed by atoms with Gasteiger partial charge in [0.15, 0.2) is 11.5 Å². The molecule has 0 spiro atoms. The number of carbonyl (C=O) groups excluding carboxylic acids is 1. The second kappa shape index (κ2) is 10.5. The highest BCUT2D eigenvalue weighted by Crippen LogP contribution is 2.27. The Balaban J connectivity index is 2.11. The van der Waals surface area contributed by atoms with Crippen molar-refractivity contribution in [3.8, 4) is 11.4 Å². The van der Waals surface area contributed by atoms with Crippen LogP contribution in [0.3, 0.4) is 0 Å². The van der Waals surface area contributed by atoms with Gasteiger partial charge in [0.1, 0.15) is 11.6 Å². The zero-order chi connectivity index (χ0) is 22.2. The van der Waals surface area contributed by atoms with Gasteiger partial charge in [-0.2, -0.15) is 0 Å². The van der Waals surface area contributed by atoms with Gasteiger partial charge in [-0.3, -0.25) is 0 Å². The highest BCUT2D eigenvalue weighted by molar-refractivity contribution is 6.30. The Morgan fingerprint density at radius 1 is 1.19 bits per heavy atom. The van der Waals surface area contributed by atoms with E-state index in [0.29, 0.717) is 30.1 Å². The lowest BCUT2D eigenvalue weighted by atomic mass is 10.1. The molecule has 0 radical (unpaired) electrons. The van der Waals surface area contributed by atoms with E-state index in [0.717, 1.165) is 5.56 Å². The molecule has 6 nitrogen and oxygen atoms in total. The fourth-order valence-corrected chi connectivity index (χ4v) is 2.89. The van der Waals surface area contributed by atoms with E-state index in [1.807, 2.05) is 37.3 Å². The first-order valence-electron chi connectivity index (χ1n) is 9.55. The van der Waals surface area contributed by atoms with Crippen molar-refractivity contribution in [2.75, 3.05) is 19.0 Å². The Morgan fingerprint density at radius 3 is 2.65 bits per heavy atom. The smallest absolute Gasteiger partial charge is 0.357 e. The van der Waals surface area contributed by atoms with Crippen molar-refractivity contribution in [1.82, 2.24) is 9.97 Å².